The van der Waals surface area contributed by atoms with Gasteiger partial charge in [0.1, 0.15) is 18.5 Å². The summed E-state index contributed by atoms with van der Waals surface area (Å²) in [6.07, 6.45) is 0.719. The van der Waals surface area contributed by atoms with Crippen molar-refractivity contribution in [2.75, 3.05) is 18.5 Å². The van der Waals surface area contributed by atoms with Gasteiger partial charge in [-0.1, -0.05) is 36.4 Å². The molecule has 0 spiro atoms. The predicted octanol–water partition coefficient (Wildman–Crippen LogP) is 1.61. The average Bonchev–Trinajstić information content (AvgIpc) is 3.13. The van der Waals surface area contributed by atoms with Crippen molar-refractivity contribution in [3.8, 4) is 5.75 Å². The van der Waals surface area contributed by atoms with Crippen molar-refractivity contribution in [1.82, 2.24) is 19.1 Å². The Morgan fingerprint density at radius 2 is 2.03 bits per heavy atom. The van der Waals surface area contributed by atoms with Crippen LogP contribution in [0.2, 0.25) is 0 Å². The number of benzene rings is 2. The molecule has 3 N–H and O–H groups in total. The number of anilines is 1. The van der Waals surface area contributed by atoms with Crippen molar-refractivity contribution >= 4 is 27.9 Å². The van der Waals surface area contributed by atoms with Gasteiger partial charge in [0.25, 0.3) is 5.56 Å². The van der Waals surface area contributed by atoms with E-state index in [9.17, 15) is 14.7 Å². The molecule has 0 saturated carbocycles. The van der Waals surface area contributed by atoms with E-state index >= 15 is 0 Å². The van der Waals surface area contributed by atoms with Crippen LogP contribution in [0.3, 0.4) is 0 Å². The normalized spacial score (nSPS) is 12.2. The second kappa shape index (κ2) is 8.49. The fourth-order valence-corrected chi connectivity index (χ4v) is 3.42. The minimum absolute atomic E-state index is 0.0164. The first-order valence-electron chi connectivity index (χ1n) is 9.82. The van der Waals surface area contributed by atoms with Crippen LogP contribution < -0.4 is 21.3 Å². The molecular formula is C22H23N5O4. The van der Waals surface area contributed by atoms with Crippen molar-refractivity contribution in [2.45, 2.75) is 12.6 Å². The lowest BCUT2D eigenvalue weighted by molar-refractivity contribution is 0.0939. The van der Waals surface area contributed by atoms with Crippen LogP contribution in [0.15, 0.2) is 64.7 Å². The Morgan fingerprint density at radius 3 is 2.81 bits per heavy atom. The maximum Gasteiger partial charge on any atom is 0.329 e. The lowest BCUT2D eigenvalue weighted by atomic mass is 10.1. The molecule has 0 radical (unpaired) electrons. The summed E-state index contributed by atoms with van der Waals surface area (Å²) in [7, 11) is 1.52. The number of aliphatic hydroxyl groups is 1. The average molecular weight is 421 g/mol. The number of hydrogen-bond acceptors (Lipinski definition) is 6. The molecular weight excluding hydrogens is 398 g/mol. The van der Waals surface area contributed by atoms with Crippen LogP contribution in [0, 0.1) is 0 Å². The van der Waals surface area contributed by atoms with E-state index in [2.05, 4.69) is 21.9 Å². The standard InChI is InChI=1S/C22H23N5O4/c1-3-10-23-21-24-19-18(20(29)25-22(30)26(19)2)27(21)12-16(28)13-31-17-9-8-14-6-4-5-7-15(14)11-17/h3-9,11,16,28H,1,10,12-13H2,2H3,(H,23,24)(H,25,29,30). The van der Waals surface area contributed by atoms with E-state index in [1.54, 1.807) is 10.6 Å². The Balaban J connectivity index is 1.58. The fraction of sp³-hybridized carbons (Fsp3) is 0.227. The molecule has 4 rings (SSSR count). The molecule has 0 fully saturated rings. The van der Waals surface area contributed by atoms with Crippen LogP contribution in [0.5, 0.6) is 5.75 Å². The molecule has 0 aliphatic heterocycles. The van der Waals surface area contributed by atoms with Gasteiger partial charge in [-0.2, -0.15) is 4.98 Å². The summed E-state index contributed by atoms with van der Waals surface area (Å²) >= 11 is 0. The molecule has 0 bridgehead atoms. The number of nitrogens with one attached hydrogen (secondary N) is 2. The van der Waals surface area contributed by atoms with E-state index in [1.165, 1.54) is 11.6 Å². The van der Waals surface area contributed by atoms with Crippen LogP contribution in [0.25, 0.3) is 21.9 Å². The highest BCUT2D eigenvalue weighted by Gasteiger charge is 2.19. The number of aromatic nitrogens is 4. The highest BCUT2D eigenvalue weighted by molar-refractivity contribution is 5.83. The fourth-order valence-electron chi connectivity index (χ4n) is 3.42. The Morgan fingerprint density at radius 1 is 1.26 bits per heavy atom. The molecule has 4 aromatic rings. The van der Waals surface area contributed by atoms with Crippen molar-refractivity contribution < 1.29 is 9.84 Å². The summed E-state index contributed by atoms with van der Waals surface area (Å²) in [5, 5.41) is 15.8. The molecule has 0 aliphatic carbocycles. The van der Waals surface area contributed by atoms with Gasteiger partial charge >= 0.3 is 5.69 Å². The summed E-state index contributed by atoms with van der Waals surface area (Å²) in [5.41, 5.74) is -0.709. The maximum atomic E-state index is 12.5. The molecule has 160 valence electrons. The van der Waals surface area contributed by atoms with Gasteiger partial charge in [-0.15, -0.1) is 6.58 Å². The van der Waals surface area contributed by atoms with E-state index in [0.29, 0.717) is 18.2 Å². The van der Waals surface area contributed by atoms with Gasteiger partial charge < -0.3 is 19.7 Å². The number of aromatic amines is 1. The third-order valence-corrected chi connectivity index (χ3v) is 4.97. The number of hydrogen-bond donors (Lipinski definition) is 3. The quantitative estimate of drug-likeness (QED) is 0.373. The van der Waals surface area contributed by atoms with Crippen LogP contribution in [-0.2, 0) is 13.6 Å². The minimum atomic E-state index is -0.926. The first-order chi connectivity index (χ1) is 15.0. The van der Waals surface area contributed by atoms with Gasteiger partial charge in [-0.25, -0.2) is 4.79 Å². The molecule has 9 heteroatoms. The zero-order valence-corrected chi connectivity index (χ0v) is 17.0. The molecule has 2 heterocycles. The Labute approximate surface area is 177 Å². The molecule has 0 saturated heterocycles. The highest BCUT2D eigenvalue weighted by atomic mass is 16.5. The van der Waals surface area contributed by atoms with Crippen LogP contribution in [-0.4, -0.2) is 43.5 Å². The van der Waals surface area contributed by atoms with E-state index < -0.39 is 17.4 Å². The van der Waals surface area contributed by atoms with Crippen molar-refractivity contribution in [3.05, 3.63) is 76.0 Å². The van der Waals surface area contributed by atoms with Crippen LogP contribution in [0.1, 0.15) is 0 Å². The third kappa shape index (κ3) is 4.08. The predicted molar refractivity (Wildman–Crippen MR) is 120 cm³/mol. The van der Waals surface area contributed by atoms with E-state index in [0.717, 1.165) is 10.8 Å². The summed E-state index contributed by atoms with van der Waals surface area (Å²) in [6, 6.07) is 13.6. The second-order valence-electron chi connectivity index (χ2n) is 7.18. The van der Waals surface area contributed by atoms with E-state index in [1.807, 2.05) is 42.5 Å². The summed E-state index contributed by atoms with van der Waals surface area (Å²) < 4.78 is 8.57. The minimum Gasteiger partial charge on any atom is -0.491 e. The summed E-state index contributed by atoms with van der Waals surface area (Å²) in [4.78, 5) is 31.0. The number of nitrogens with zero attached hydrogens (tertiary/aromatic N) is 3. The Kier molecular flexibility index (Phi) is 5.59. The van der Waals surface area contributed by atoms with Crippen molar-refractivity contribution in [2.24, 2.45) is 7.05 Å². The highest BCUT2D eigenvalue weighted by Crippen LogP contribution is 2.21. The van der Waals surface area contributed by atoms with E-state index in [-0.39, 0.29) is 24.3 Å². The van der Waals surface area contributed by atoms with Gasteiger partial charge in [-0.3, -0.25) is 14.3 Å². The SMILES string of the molecule is C=CCNc1nc2c(c(=O)[nH]c(=O)n2C)n1CC(O)COc1ccc2ccccc2c1. The van der Waals surface area contributed by atoms with Gasteiger partial charge in [0.2, 0.25) is 5.95 Å². The van der Waals surface area contributed by atoms with Gasteiger partial charge in [0.15, 0.2) is 11.2 Å². The summed E-state index contributed by atoms with van der Waals surface area (Å²) in [6.45, 7) is 4.13. The number of aliphatic hydroxyl groups excluding tert-OH is 1. The van der Waals surface area contributed by atoms with Crippen molar-refractivity contribution in [1.29, 1.82) is 0 Å². The number of aryl methyl sites for hydroxylation is 1. The smallest absolute Gasteiger partial charge is 0.329 e. The number of ether oxygens (including phenoxy) is 1. The molecule has 2 aromatic carbocycles. The Hall–Kier alpha value is -3.85. The third-order valence-electron chi connectivity index (χ3n) is 4.97. The molecule has 9 nitrogen and oxygen atoms in total. The monoisotopic (exact) mass is 421 g/mol. The number of imidazole rings is 1. The lowest BCUT2D eigenvalue weighted by Gasteiger charge is -2.16. The van der Waals surface area contributed by atoms with Crippen LogP contribution >= 0.6 is 0 Å². The number of H-pyrrole nitrogens is 1. The molecule has 0 amide bonds. The first kappa shape index (κ1) is 20.4. The number of rotatable bonds is 8. The Bertz CT molecular complexity index is 1370. The van der Waals surface area contributed by atoms with E-state index in [4.69, 9.17) is 4.74 Å². The maximum absolute atomic E-state index is 12.5. The summed E-state index contributed by atoms with van der Waals surface area (Å²) in [5.74, 6) is 0.991. The van der Waals surface area contributed by atoms with Gasteiger partial charge in [0.05, 0.1) is 6.54 Å². The van der Waals surface area contributed by atoms with Gasteiger partial charge in [-0.05, 0) is 22.9 Å². The largest absolute Gasteiger partial charge is 0.491 e. The van der Waals surface area contributed by atoms with Gasteiger partial charge in [0, 0.05) is 13.6 Å². The molecule has 1 atom stereocenters. The topological polar surface area (TPSA) is 114 Å². The zero-order chi connectivity index (χ0) is 22.0. The molecule has 1 unspecified atom stereocenters. The number of fused-ring (bicyclic) bond motifs is 2. The molecule has 31 heavy (non-hydrogen) atoms. The second-order valence-corrected chi connectivity index (χ2v) is 7.18. The van der Waals surface area contributed by atoms with Crippen molar-refractivity contribution in [3.63, 3.8) is 0 Å². The molecule has 2 aromatic heterocycles. The van der Waals surface area contributed by atoms with Crippen LogP contribution in [0.4, 0.5) is 5.95 Å². The zero-order valence-electron chi connectivity index (χ0n) is 17.0. The lowest BCUT2D eigenvalue weighted by Crippen LogP contribution is -2.31. The first-order valence-corrected chi connectivity index (χ1v) is 9.82. The molecule has 0 aliphatic rings.